The Balaban J connectivity index is 1.77. The molecule has 0 aliphatic heterocycles. The predicted molar refractivity (Wildman–Crippen MR) is 110 cm³/mol. The van der Waals surface area contributed by atoms with Crippen molar-refractivity contribution >= 4 is 0 Å². The van der Waals surface area contributed by atoms with Crippen LogP contribution in [0.3, 0.4) is 0 Å². The molecule has 1 heteroatoms. The summed E-state index contributed by atoms with van der Waals surface area (Å²) in [6.45, 7) is 14.6. The van der Waals surface area contributed by atoms with Crippen LogP contribution in [0, 0.1) is 46.8 Å². The summed E-state index contributed by atoms with van der Waals surface area (Å²) in [7, 11) is 0. The molecule has 26 heavy (non-hydrogen) atoms. The van der Waals surface area contributed by atoms with Crippen LogP contribution in [0.4, 0.5) is 0 Å². The van der Waals surface area contributed by atoms with Gasteiger partial charge in [0.2, 0.25) is 0 Å². The minimum absolute atomic E-state index is 0.465. The van der Waals surface area contributed by atoms with Crippen molar-refractivity contribution in [1.82, 2.24) is 0 Å². The van der Waals surface area contributed by atoms with E-state index in [-0.39, 0.29) is 0 Å². The van der Waals surface area contributed by atoms with E-state index in [2.05, 4.69) is 41.5 Å². The highest BCUT2D eigenvalue weighted by Crippen LogP contribution is 2.64. The number of hydrogen-bond acceptors (Lipinski definition) is 1. The van der Waals surface area contributed by atoms with Crippen molar-refractivity contribution in [1.29, 1.82) is 0 Å². The zero-order valence-corrected chi connectivity index (χ0v) is 18.1. The van der Waals surface area contributed by atoms with Crippen molar-refractivity contribution < 1.29 is 5.11 Å². The summed E-state index contributed by atoms with van der Waals surface area (Å²) in [5.74, 6) is 4.96. The Morgan fingerprint density at radius 3 is 2.38 bits per heavy atom. The minimum atomic E-state index is -0.529. The predicted octanol–water partition coefficient (Wildman–Crippen LogP) is 6.61. The smallest absolute Gasteiger partial charge is 0.0890 e. The molecule has 148 valence electrons. The van der Waals surface area contributed by atoms with Crippen molar-refractivity contribution in [2.24, 2.45) is 46.8 Å². The van der Waals surface area contributed by atoms with Gasteiger partial charge in [-0.1, -0.05) is 40.2 Å². The molecule has 0 amide bonds. The number of allylic oxidation sites excluding steroid dienone is 1. The van der Waals surface area contributed by atoms with E-state index in [1.165, 1.54) is 50.5 Å². The van der Waals surface area contributed by atoms with Gasteiger partial charge >= 0.3 is 0 Å². The number of aliphatic hydroxyl groups is 1. The van der Waals surface area contributed by atoms with Gasteiger partial charge in [0.25, 0.3) is 0 Å². The molecule has 4 aliphatic rings. The average Bonchev–Trinajstić information content (AvgIpc) is 3.10. The lowest BCUT2D eigenvalue weighted by Gasteiger charge is -2.55. The molecule has 0 spiro atoms. The van der Waals surface area contributed by atoms with Crippen molar-refractivity contribution in [2.45, 2.75) is 98.5 Å². The maximum absolute atomic E-state index is 12.3. The Morgan fingerprint density at radius 2 is 1.69 bits per heavy atom. The first-order chi connectivity index (χ1) is 12.2. The van der Waals surface area contributed by atoms with E-state index in [4.69, 9.17) is 0 Å². The van der Waals surface area contributed by atoms with Crippen molar-refractivity contribution in [3.8, 4) is 0 Å². The molecule has 0 aromatic carbocycles. The van der Waals surface area contributed by atoms with Crippen molar-refractivity contribution in [3.63, 3.8) is 0 Å². The van der Waals surface area contributed by atoms with Gasteiger partial charge < -0.3 is 5.11 Å². The average molecular weight is 359 g/mol. The Bertz CT molecular complexity index is 589. The lowest BCUT2D eigenvalue weighted by atomic mass is 9.52. The van der Waals surface area contributed by atoms with Gasteiger partial charge in [-0.3, -0.25) is 0 Å². The van der Waals surface area contributed by atoms with Crippen LogP contribution in [-0.4, -0.2) is 10.7 Å². The second-order valence-electron chi connectivity index (χ2n) is 11.5. The highest BCUT2D eigenvalue weighted by atomic mass is 16.3. The van der Waals surface area contributed by atoms with E-state index in [0.29, 0.717) is 23.2 Å². The first-order valence-electron chi connectivity index (χ1n) is 11.6. The summed E-state index contributed by atoms with van der Waals surface area (Å²) in [5.41, 5.74) is 3.02. The Hall–Kier alpha value is -0.300. The highest BCUT2D eigenvalue weighted by Gasteiger charge is 2.59. The summed E-state index contributed by atoms with van der Waals surface area (Å²) in [6, 6.07) is 0. The van der Waals surface area contributed by atoms with Crippen LogP contribution in [0.15, 0.2) is 11.1 Å². The molecule has 4 rings (SSSR count). The molecule has 0 aromatic heterocycles. The molecule has 3 fully saturated rings. The summed E-state index contributed by atoms with van der Waals surface area (Å²) < 4.78 is 0. The summed E-state index contributed by atoms with van der Waals surface area (Å²) in [6.07, 6.45) is 10.3. The number of hydrogen-bond donors (Lipinski definition) is 1. The van der Waals surface area contributed by atoms with Gasteiger partial charge in [-0.15, -0.1) is 0 Å². The third kappa shape index (κ3) is 2.66. The molecule has 1 nitrogen and oxygen atoms in total. The van der Waals surface area contributed by atoms with Gasteiger partial charge in [0.05, 0.1) is 5.60 Å². The van der Waals surface area contributed by atoms with Gasteiger partial charge in [0.1, 0.15) is 0 Å². The van der Waals surface area contributed by atoms with Gasteiger partial charge in [0.15, 0.2) is 0 Å². The highest BCUT2D eigenvalue weighted by molar-refractivity contribution is 5.31. The largest absolute Gasteiger partial charge is 0.385 e. The molecule has 1 N–H and O–H groups in total. The van der Waals surface area contributed by atoms with Crippen LogP contribution in [0.5, 0.6) is 0 Å². The zero-order valence-electron chi connectivity index (χ0n) is 18.1. The maximum atomic E-state index is 12.3. The molecule has 0 saturated heterocycles. The summed E-state index contributed by atoms with van der Waals surface area (Å²) in [5, 5.41) is 12.3. The Morgan fingerprint density at radius 1 is 0.962 bits per heavy atom. The lowest BCUT2D eigenvalue weighted by molar-refractivity contribution is -0.109. The molecule has 0 bridgehead atoms. The van der Waals surface area contributed by atoms with E-state index in [0.717, 1.165) is 30.1 Å². The van der Waals surface area contributed by atoms with E-state index < -0.39 is 5.60 Å². The van der Waals surface area contributed by atoms with Crippen LogP contribution in [0.1, 0.15) is 92.9 Å². The van der Waals surface area contributed by atoms with E-state index >= 15 is 0 Å². The Kier molecular flexibility index (Phi) is 4.66. The third-order valence-electron chi connectivity index (χ3n) is 9.90. The molecule has 0 radical (unpaired) electrons. The van der Waals surface area contributed by atoms with E-state index in [1.807, 2.05) is 0 Å². The summed E-state index contributed by atoms with van der Waals surface area (Å²) >= 11 is 0. The fraction of sp³-hybridized carbons (Fsp3) is 0.920. The van der Waals surface area contributed by atoms with E-state index in [1.54, 1.807) is 5.57 Å². The molecule has 3 saturated carbocycles. The maximum Gasteiger partial charge on any atom is 0.0890 e. The van der Waals surface area contributed by atoms with Gasteiger partial charge in [0, 0.05) is 0 Å². The molecule has 0 aromatic rings. The number of fused-ring (bicyclic) bond motifs is 3. The van der Waals surface area contributed by atoms with Crippen molar-refractivity contribution in [2.75, 3.05) is 0 Å². The zero-order chi connectivity index (χ0) is 18.9. The van der Waals surface area contributed by atoms with Gasteiger partial charge in [-0.05, 0) is 111 Å². The van der Waals surface area contributed by atoms with Crippen LogP contribution >= 0.6 is 0 Å². The van der Waals surface area contributed by atoms with Crippen molar-refractivity contribution in [3.05, 3.63) is 11.1 Å². The Labute approximate surface area is 162 Å². The summed E-state index contributed by atoms with van der Waals surface area (Å²) in [4.78, 5) is 0. The molecular formula is C25H42O. The van der Waals surface area contributed by atoms with Crippen LogP contribution in [-0.2, 0) is 0 Å². The first-order valence-corrected chi connectivity index (χ1v) is 11.6. The van der Waals surface area contributed by atoms with Gasteiger partial charge in [-0.2, -0.15) is 0 Å². The molecule has 0 heterocycles. The standard InChI is InChI=1S/C25H42O/c1-15(2)19-11-12-24(6)13-22-17(4)8-9-20-16(3)7-10-21(20)18(5)25(22,26)14-23(19)24/h15-17,19-20,22-23,26H,7-14H2,1-6H3/b21-18-/t16?,17-,19+,20-,22+,23-,24+,25-/m0/s1. The molecule has 8 atom stereocenters. The van der Waals surface area contributed by atoms with E-state index in [9.17, 15) is 5.11 Å². The number of rotatable bonds is 1. The SMILES string of the molecule is C/C1=C2\CCC(C)[C@@H]2CC[C@H](C)[C@H]2C[C@@]3(C)CC[C@H](C(C)C)[C@@H]3C[C@]12O. The van der Waals surface area contributed by atoms with Crippen LogP contribution < -0.4 is 0 Å². The third-order valence-corrected chi connectivity index (χ3v) is 9.90. The topological polar surface area (TPSA) is 20.2 Å². The normalized spacial score (nSPS) is 54.5. The van der Waals surface area contributed by atoms with Gasteiger partial charge in [-0.25, -0.2) is 0 Å². The first kappa shape index (κ1) is 19.0. The fourth-order valence-corrected chi connectivity index (χ4v) is 8.07. The van der Waals surface area contributed by atoms with Crippen LogP contribution in [0.2, 0.25) is 0 Å². The molecule has 1 unspecified atom stereocenters. The second kappa shape index (κ2) is 6.36. The fourth-order valence-electron chi connectivity index (χ4n) is 8.07. The molecular weight excluding hydrogens is 316 g/mol. The quantitative estimate of drug-likeness (QED) is 0.523. The van der Waals surface area contributed by atoms with Crippen LogP contribution in [0.25, 0.3) is 0 Å². The minimum Gasteiger partial charge on any atom is -0.385 e. The monoisotopic (exact) mass is 358 g/mol. The molecule has 4 aliphatic carbocycles. The second-order valence-corrected chi connectivity index (χ2v) is 11.5. The lowest BCUT2D eigenvalue weighted by Crippen LogP contribution is -2.54.